The second-order valence-corrected chi connectivity index (χ2v) is 5.17. The highest BCUT2D eigenvalue weighted by Crippen LogP contribution is 2.20. The van der Waals surface area contributed by atoms with E-state index in [1.807, 2.05) is 0 Å². The van der Waals surface area contributed by atoms with E-state index in [1.165, 1.54) is 0 Å². The van der Waals surface area contributed by atoms with Gasteiger partial charge in [0.2, 0.25) is 11.8 Å². The first-order valence-corrected chi connectivity index (χ1v) is 7.09. The van der Waals surface area contributed by atoms with Crippen molar-refractivity contribution in [3.63, 3.8) is 0 Å². The van der Waals surface area contributed by atoms with Gasteiger partial charge in [-0.2, -0.15) is 4.98 Å². The molecule has 0 aliphatic heterocycles. The Labute approximate surface area is 132 Å². The maximum Gasteiger partial charge on any atom is 0.265 e. The van der Waals surface area contributed by atoms with Crippen LogP contribution in [-0.4, -0.2) is 36.6 Å². The van der Waals surface area contributed by atoms with Crippen molar-refractivity contribution in [3.05, 3.63) is 41.8 Å². The number of nitrogens with zero attached hydrogens (tertiary/aromatic N) is 3. The third-order valence-electron chi connectivity index (χ3n) is 3.15. The second-order valence-electron chi connectivity index (χ2n) is 5.17. The molecule has 1 heterocycles. The van der Waals surface area contributed by atoms with Gasteiger partial charge in [0.1, 0.15) is 6.04 Å². The zero-order valence-corrected chi connectivity index (χ0v) is 12.9. The summed E-state index contributed by atoms with van der Waals surface area (Å²) < 4.78 is 31.3. The molecule has 6 nitrogen and oxygen atoms in total. The monoisotopic (exact) mass is 324 g/mol. The summed E-state index contributed by atoms with van der Waals surface area (Å²) in [7, 11) is 3.52. The number of anilines is 1. The molecule has 23 heavy (non-hydrogen) atoms. The molecular weight excluding hydrogens is 306 g/mol. The van der Waals surface area contributed by atoms with Gasteiger partial charge in [0, 0.05) is 26.9 Å². The average molecular weight is 324 g/mol. The molecule has 1 aromatic heterocycles. The van der Waals surface area contributed by atoms with Crippen LogP contribution in [0.15, 0.2) is 34.9 Å². The zero-order chi connectivity index (χ0) is 16.8. The first kappa shape index (κ1) is 16.9. The van der Waals surface area contributed by atoms with E-state index in [0.717, 1.165) is 0 Å². The van der Waals surface area contributed by atoms with Crippen LogP contribution in [0.3, 0.4) is 0 Å². The van der Waals surface area contributed by atoms with E-state index in [2.05, 4.69) is 15.5 Å². The van der Waals surface area contributed by atoms with Crippen LogP contribution in [0.5, 0.6) is 0 Å². The minimum Gasteiger partial charge on any atom is -0.344 e. The maximum atomic E-state index is 13.1. The summed E-state index contributed by atoms with van der Waals surface area (Å²) >= 11 is 0. The summed E-state index contributed by atoms with van der Waals surface area (Å²) in [6.07, 6.45) is -2.51. The molecule has 1 atom stereocenters. The number of hydrogen-bond donors (Lipinski definition) is 1. The third kappa shape index (κ3) is 4.73. The Balaban J connectivity index is 1.91. The summed E-state index contributed by atoms with van der Waals surface area (Å²) in [5, 5.41) is 6.06. The molecule has 0 aliphatic rings. The Bertz CT molecular complexity index is 631. The summed E-state index contributed by atoms with van der Waals surface area (Å²) in [5.41, 5.74) is 0.364. The van der Waals surface area contributed by atoms with Crippen molar-refractivity contribution in [2.45, 2.75) is 25.3 Å². The van der Waals surface area contributed by atoms with Gasteiger partial charge in [-0.15, -0.1) is 0 Å². The molecule has 0 spiro atoms. The fourth-order valence-corrected chi connectivity index (χ4v) is 1.95. The maximum absolute atomic E-state index is 13.1. The minimum atomic E-state index is -2.69. The van der Waals surface area contributed by atoms with Gasteiger partial charge in [-0.25, -0.2) is 8.78 Å². The SMILES string of the molecule is CN(C)c1noc(CCC(=O)NC(c2ccccc2)C(F)F)n1. The quantitative estimate of drug-likeness (QED) is 0.845. The number of hydrogen-bond acceptors (Lipinski definition) is 5. The van der Waals surface area contributed by atoms with Gasteiger partial charge in [-0.1, -0.05) is 30.3 Å². The molecule has 2 aromatic rings. The molecule has 8 heteroatoms. The molecule has 124 valence electrons. The Morgan fingerprint density at radius 3 is 2.57 bits per heavy atom. The van der Waals surface area contributed by atoms with Gasteiger partial charge in [-0.3, -0.25) is 4.79 Å². The summed E-state index contributed by atoms with van der Waals surface area (Å²) in [5.74, 6) is 0.191. The number of nitrogens with one attached hydrogen (secondary N) is 1. The van der Waals surface area contributed by atoms with Crippen LogP contribution in [0, 0.1) is 0 Å². The van der Waals surface area contributed by atoms with E-state index >= 15 is 0 Å². The fourth-order valence-electron chi connectivity index (χ4n) is 1.95. The van der Waals surface area contributed by atoms with E-state index < -0.39 is 18.4 Å². The van der Waals surface area contributed by atoms with Crippen molar-refractivity contribution < 1.29 is 18.1 Å². The van der Waals surface area contributed by atoms with Gasteiger partial charge in [0.15, 0.2) is 0 Å². The topological polar surface area (TPSA) is 71.3 Å². The Hall–Kier alpha value is -2.51. The number of rotatable bonds is 7. The van der Waals surface area contributed by atoms with Crippen LogP contribution in [0.2, 0.25) is 0 Å². The Kier molecular flexibility index (Phi) is 5.61. The number of benzene rings is 1. The Morgan fingerprint density at radius 2 is 2.00 bits per heavy atom. The van der Waals surface area contributed by atoms with Gasteiger partial charge in [0.25, 0.3) is 12.4 Å². The molecule has 1 amide bonds. The molecule has 1 aromatic carbocycles. The molecular formula is C15H18F2N4O2. The van der Waals surface area contributed by atoms with E-state index in [9.17, 15) is 13.6 Å². The van der Waals surface area contributed by atoms with Crippen molar-refractivity contribution in [2.24, 2.45) is 0 Å². The van der Waals surface area contributed by atoms with Gasteiger partial charge < -0.3 is 14.7 Å². The highest BCUT2D eigenvalue weighted by atomic mass is 19.3. The lowest BCUT2D eigenvalue weighted by Crippen LogP contribution is -2.33. The average Bonchev–Trinajstić information content (AvgIpc) is 3.00. The molecule has 0 saturated heterocycles. The molecule has 0 bridgehead atoms. The number of alkyl halides is 2. The van der Waals surface area contributed by atoms with Crippen LogP contribution < -0.4 is 10.2 Å². The largest absolute Gasteiger partial charge is 0.344 e. The standard InChI is InChI=1S/C15H18F2N4O2/c1-21(2)15-19-12(23-20-15)9-8-11(22)18-13(14(16)17)10-6-4-3-5-7-10/h3-7,13-14H,8-9H2,1-2H3,(H,18,22). The third-order valence-corrected chi connectivity index (χ3v) is 3.15. The Morgan fingerprint density at radius 1 is 1.30 bits per heavy atom. The van der Waals surface area contributed by atoms with Crippen molar-refractivity contribution >= 4 is 11.9 Å². The van der Waals surface area contributed by atoms with Gasteiger partial charge >= 0.3 is 0 Å². The number of carbonyl (C=O) groups is 1. The van der Waals surface area contributed by atoms with Gasteiger partial charge in [0.05, 0.1) is 0 Å². The molecule has 0 fully saturated rings. The molecule has 1 N–H and O–H groups in total. The molecule has 1 unspecified atom stereocenters. The van der Waals surface area contributed by atoms with E-state index in [4.69, 9.17) is 4.52 Å². The predicted molar refractivity (Wildman–Crippen MR) is 80.3 cm³/mol. The predicted octanol–water partition coefficient (Wildman–Crippen LogP) is 2.19. The first-order valence-electron chi connectivity index (χ1n) is 7.09. The number of halogens is 2. The lowest BCUT2D eigenvalue weighted by Gasteiger charge is -2.18. The highest BCUT2D eigenvalue weighted by molar-refractivity contribution is 5.76. The molecule has 0 aliphatic carbocycles. The lowest BCUT2D eigenvalue weighted by molar-refractivity contribution is -0.123. The van der Waals surface area contributed by atoms with Crippen LogP contribution >= 0.6 is 0 Å². The first-order chi connectivity index (χ1) is 11.0. The van der Waals surface area contributed by atoms with E-state index in [0.29, 0.717) is 11.5 Å². The molecule has 2 rings (SSSR count). The second kappa shape index (κ2) is 7.66. The number of aryl methyl sites for hydroxylation is 1. The van der Waals surface area contributed by atoms with Crippen molar-refractivity contribution in [3.8, 4) is 0 Å². The minimum absolute atomic E-state index is 0.00881. The zero-order valence-electron chi connectivity index (χ0n) is 12.9. The lowest BCUT2D eigenvalue weighted by atomic mass is 10.1. The van der Waals surface area contributed by atoms with Crippen molar-refractivity contribution in [2.75, 3.05) is 19.0 Å². The van der Waals surface area contributed by atoms with Crippen molar-refractivity contribution in [1.82, 2.24) is 15.5 Å². The van der Waals surface area contributed by atoms with E-state index in [-0.39, 0.29) is 18.7 Å². The summed E-state index contributed by atoms with van der Waals surface area (Å²) in [6, 6.07) is 6.81. The van der Waals surface area contributed by atoms with Crippen LogP contribution in [0.25, 0.3) is 0 Å². The molecule has 0 saturated carbocycles. The summed E-state index contributed by atoms with van der Waals surface area (Å²) in [4.78, 5) is 17.6. The molecule has 0 radical (unpaired) electrons. The number of aromatic nitrogens is 2. The summed E-state index contributed by atoms with van der Waals surface area (Å²) in [6.45, 7) is 0. The van der Waals surface area contributed by atoms with Crippen molar-refractivity contribution in [1.29, 1.82) is 0 Å². The number of carbonyl (C=O) groups excluding carboxylic acids is 1. The number of amides is 1. The normalized spacial score (nSPS) is 12.2. The van der Waals surface area contributed by atoms with E-state index in [1.54, 1.807) is 49.3 Å². The van der Waals surface area contributed by atoms with Crippen LogP contribution in [-0.2, 0) is 11.2 Å². The van der Waals surface area contributed by atoms with Gasteiger partial charge in [-0.05, 0) is 10.7 Å². The fraction of sp³-hybridized carbons (Fsp3) is 0.400. The smallest absolute Gasteiger partial charge is 0.265 e. The van der Waals surface area contributed by atoms with Crippen LogP contribution in [0.4, 0.5) is 14.7 Å². The highest BCUT2D eigenvalue weighted by Gasteiger charge is 2.24. The van der Waals surface area contributed by atoms with Crippen LogP contribution in [0.1, 0.15) is 23.9 Å².